The summed E-state index contributed by atoms with van der Waals surface area (Å²) in [5.74, 6) is 0. The zero-order chi connectivity index (χ0) is 21.5. The highest BCUT2D eigenvalue weighted by atomic mass is 15.4. The fraction of sp³-hybridized carbons (Fsp3) is 1.00. The number of rotatable bonds is 3. The molecule has 4 aliphatic heterocycles. The van der Waals surface area contributed by atoms with Gasteiger partial charge in [0, 0.05) is 94.7 Å². The molecule has 4 aliphatic rings. The second-order valence-corrected chi connectivity index (χ2v) is 12.5. The summed E-state index contributed by atoms with van der Waals surface area (Å²) in [4.78, 5) is 13.8. The molecule has 4 saturated heterocycles. The lowest BCUT2D eigenvalue weighted by atomic mass is 9.93. The van der Waals surface area contributed by atoms with Crippen molar-refractivity contribution in [2.45, 2.75) is 96.4 Å². The molecule has 0 N–H and O–H groups in total. The molecule has 0 radical (unpaired) electrons. The van der Waals surface area contributed by atoms with Gasteiger partial charge in [-0.05, 0) is 67.2 Å². The SMILES string of the molecule is CC(C)(C)N1CCC(N2CCN(C3CCN(C4CN(C(C)(C)C)C4)CC3)CC2)CC1. The van der Waals surface area contributed by atoms with Gasteiger partial charge in [-0.2, -0.15) is 0 Å². The maximum Gasteiger partial charge on any atom is 0.0350 e. The topological polar surface area (TPSA) is 16.2 Å². The second-order valence-electron chi connectivity index (χ2n) is 12.5. The molecule has 0 unspecified atom stereocenters. The Balaban J connectivity index is 1.15. The van der Waals surface area contributed by atoms with Crippen LogP contribution in [0.15, 0.2) is 0 Å². The maximum absolute atomic E-state index is 2.83. The molecule has 0 saturated carbocycles. The lowest BCUT2D eigenvalue weighted by Gasteiger charge is -2.53. The van der Waals surface area contributed by atoms with Crippen LogP contribution < -0.4 is 0 Å². The Morgan fingerprint density at radius 3 is 1.20 bits per heavy atom. The molecule has 0 atom stereocenters. The first-order valence-electron chi connectivity index (χ1n) is 12.8. The van der Waals surface area contributed by atoms with Gasteiger partial charge in [0.05, 0.1) is 0 Å². The van der Waals surface area contributed by atoms with E-state index in [9.17, 15) is 0 Å². The summed E-state index contributed by atoms with van der Waals surface area (Å²) in [6, 6.07) is 2.49. The summed E-state index contributed by atoms with van der Waals surface area (Å²) in [6.45, 7) is 27.1. The van der Waals surface area contributed by atoms with E-state index in [1.165, 1.54) is 91.1 Å². The summed E-state index contributed by atoms with van der Waals surface area (Å²) in [6.07, 6.45) is 5.50. The smallest absolute Gasteiger partial charge is 0.0350 e. The lowest BCUT2D eigenvalue weighted by molar-refractivity contribution is -0.0418. The third-order valence-electron chi connectivity index (χ3n) is 8.62. The van der Waals surface area contributed by atoms with Crippen molar-refractivity contribution in [3.05, 3.63) is 0 Å². The summed E-state index contributed by atoms with van der Waals surface area (Å²) in [5, 5.41) is 0. The Labute approximate surface area is 186 Å². The number of hydrogen-bond acceptors (Lipinski definition) is 5. The maximum atomic E-state index is 2.83. The van der Waals surface area contributed by atoms with Crippen LogP contribution in [0.4, 0.5) is 0 Å². The molecular formula is C25H49N5. The van der Waals surface area contributed by atoms with E-state index in [0.29, 0.717) is 11.1 Å². The minimum absolute atomic E-state index is 0.336. The van der Waals surface area contributed by atoms with Crippen molar-refractivity contribution in [1.29, 1.82) is 0 Å². The number of hydrogen-bond donors (Lipinski definition) is 0. The van der Waals surface area contributed by atoms with Crippen LogP contribution in [0, 0.1) is 0 Å². The largest absolute Gasteiger partial charge is 0.298 e. The summed E-state index contributed by atoms with van der Waals surface area (Å²) >= 11 is 0. The third kappa shape index (κ3) is 5.23. The van der Waals surface area contributed by atoms with Crippen LogP contribution in [0.25, 0.3) is 0 Å². The van der Waals surface area contributed by atoms with E-state index in [0.717, 1.165) is 18.1 Å². The van der Waals surface area contributed by atoms with Gasteiger partial charge in [-0.1, -0.05) is 0 Å². The Morgan fingerprint density at radius 2 is 0.800 bits per heavy atom. The van der Waals surface area contributed by atoms with Gasteiger partial charge >= 0.3 is 0 Å². The van der Waals surface area contributed by atoms with E-state index in [1.807, 2.05) is 0 Å². The third-order valence-corrected chi connectivity index (χ3v) is 8.62. The molecule has 5 nitrogen and oxygen atoms in total. The number of piperidine rings is 2. The van der Waals surface area contributed by atoms with Crippen molar-refractivity contribution in [3.63, 3.8) is 0 Å². The highest BCUT2D eigenvalue weighted by molar-refractivity contribution is 4.96. The molecule has 0 aromatic carbocycles. The van der Waals surface area contributed by atoms with Crippen LogP contribution in [-0.2, 0) is 0 Å². The molecule has 4 heterocycles. The van der Waals surface area contributed by atoms with Gasteiger partial charge in [-0.15, -0.1) is 0 Å². The molecule has 0 aliphatic carbocycles. The zero-order valence-electron chi connectivity index (χ0n) is 20.9. The molecule has 4 fully saturated rings. The highest BCUT2D eigenvalue weighted by Crippen LogP contribution is 2.28. The van der Waals surface area contributed by atoms with Gasteiger partial charge in [-0.25, -0.2) is 0 Å². The molecule has 0 amide bonds. The summed E-state index contributed by atoms with van der Waals surface area (Å²) < 4.78 is 0. The first kappa shape index (κ1) is 23.0. The van der Waals surface area contributed by atoms with E-state index >= 15 is 0 Å². The number of likely N-dealkylation sites (tertiary alicyclic amines) is 3. The standard InChI is InChI=1S/C25H49N5/c1-24(2,3)29-13-9-22(10-14-29)28-17-15-27(16-18-28)21-7-11-26(12-8-21)23-19-30(20-23)25(4,5)6/h21-23H,7-20H2,1-6H3. The van der Waals surface area contributed by atoms with Gasteiger partial charge in [0.1, 0.15) is 0 Å². The van der Waals surface area contributed by atoms with Gasteiger partial charge < -0.3 is 0 Å². The first-order chi connectivity index (χ1) is 14.1. The molecule has 5 heteroatoms. The van der Waals surface area contributed by atoms with E-state index in [1.54, 1.807) is 0 Å². The Kier molecular flexibility index (Phi) is 6.87. The minimum Gasteiger partial charge on any atom is -0.298 e. The minimum atomic E-state index is 0.336. The molecule has 0 aromatic heterocycles. The summed E-state index contributed by atoms with van der Waals surface area (Å²) in [7, 11) is 0. The number of piperazine rings is 1. The Morgan fingerprint density at radius 1 is 0.433 bits per heavy atom. The fourth-order valence-electron chi connectivity index (χ4n) is 6.22. The van der Waals surface area contributed by atoms with Crippen molar-refractivity contribution < 1.29 is 0 Å². The van der Waals surface area contributed by atoms with Crippen molar-refractivity contribution >= 4 is 0 Å². The molecule has 0 aromatic rings. The molecular weight excluding hydrogens is 370 g/mol. The highest BCUT2D eigenvalue weighted by Gasteiger charge is 2.39. The van der Waals surface area contributed by atoms with Crippen LogP contribution >= 0.6 is 0 Å². The molecule has 0 bridgehead atoms. The van der Waals surface area contributed by atoms with Crippen LogP contribution in [0.3, 0.4) is 0 Å². The quantitative estimate of drug-likeness (QED) is 0.697. The Hall–Kier alpha value is -0.200. The van der Waals surface area contributed by atoms with E-state index in [2.05, 4.69) is 66.0 Å². The van der Waals surface area contributed by atoms with Crippen molar-refractivity contribution in [2.24, 2.45) is 0 Å². The molecule has 0 spiro atoms. The molecule has 30 heavy (non-hydrogen) atoms. The van der Waals surface area contributed by atoms with E-state index in [4.69, 9.17) is 0 Å². The first-order valence-corrected chi connectivity index (χ1v) is 12.8. The van der Waals surface area contributed by atoms with Crippen molar-refractivity contribution in [1.82, 2.24) is 24.5 Å². The van der Waals surface area contributed by atoms with Crippen molar-refractivity contribution in [2.75, 3.05) is 65.4 Å². The van der Waals surface area contributed by atoms with Gasteiger partial charge in [0.2, 0.25) is 0 Å². The van der Waals surface area contributed by atoms with Crippen LogP contribution in [0.1, 0.15) is 67.2 Å². The van der Waals surface area contributed by atoms with Crippen molar-refractivity contribution in [3.8, 4) is 0 Å². The summed E-state index contributed by atoms with van der Waals surface area (Å²) in [5.41, 5.74) is 0.681. The predicted octanol–water partition coefficient (Wildman–Crippen LogP) is 2.81. The monoisotopic (exact) mass is 419 g/mol. The van der Waals surface area contributed by atoms with Crippen LogP contribution in [0.2, 0.25) is 0 Å². The average Bonchev–Trinajstić information content (AvgIpc) is 2.66. The van der Waals surface area contributed by atoms with Crippen LogP contribution in [-0.4, -0.2) is 119 Å². The normalized spacial score (nSPS) is 29.4. The number of nitrogens with zero attached hydrogens (tertiary/aromatic N) is 5. The fourth-order valence-corrected chi connectivity index (χ4v) is 6.22. The van der Waals surface area contributed by atoms with Gasteiger partial charge in [0.25, 0.3) is 0 Å². The van der Waals surface area contributed by atoms with E-state index < -0.39 is 0 Å². The second kappa shape index (κ2) is 8.97. The molecule has 174 valence electrons. The average molecular weight is 420 g/mol. The van der Waals surface area contributed by atoms with E-state index in [-0.39, 0.29) is 0 Å². The lowest BCUT2D eigenvalue weighted by Crippen LogP contribution is -2.66. The predicted molar refractivity (Wildman–Crippen MR) is 127 cm³/mol. The van der Waals surface area contributed by atoms with Gasteiger partial charge in [0.15, 0.2) is 0 Å². The van der Waals surface area contributed by atoms with Crippen LogP contribution in [0.5, 0.6) is 0 Å². The zero-order valence-corrected chi connectivity index (χ0v) is 20.9. The molecule has 4 rings (SSSR count). The Bertz CT molecular complexity index is 535. The van der Waals surface area contributed by atoms with Gasteiger partial charge in [-0.3, -0.25) is 24.5 Å².